The normalized spacial score (nSPS) is 11.9. The second kappa shape index (κ2) is 10.3. The van der Waals surface area contributed by atoms with Crippen LogP contribution in [0.15, 0.2) is 60.7 Å². The topological polar surface area (TPSA) is 107 Å². The maximum atomic E-state index is 11.4. The van der Waals surface area contributed by atoms with E-state index in [2.05, 4.69) is 0 Å². The van der Waals surface area contributed by atoms with Gasteiger partial charge in [-0.05, 0) is 36.2 Å². The van der Waals surface area contributed by atoms with E-state index in [-0.39, 0.29) is 0 Å². The van der Waals surface area contributed by atoms with Crippen LogP contribution in [0.25, 0.3) is 0 Å². The van der Waals surface area contributed by atoms with E-state index in [1.165, 1.54) is 0 Å². The molecular weight excluding hydrogens is 369 g/mol. The number of carbonyl (C=O) groups is 1. The summed E-state index contributed by atoms with van der Waals surface area (Å²) in [6.07, 6.45) is 0. The number of hydrogen-bond donors (Lipinski definition) is 3. The summed E-state index contributed by atoms with van der Waals surface area (Å²) in [5.41, 5.74) is 1.83. The average molecular weight is 388 g/mol. The number of para-hydroxylation sites is 1. The van der Waals surface area contributed by atoms with Gasteiger partial charge in [-0.1, -0.05) is 48.5 Å². The molecule has 0 fully saturated rings. The minimum atomic E-state index is -4.64. The van der Waals surface area contributed by atoms with Crippen LogP contribution in [-0.4, -0.2) is 26.0 Å². The lowest BCUT2D eigenvalue weighted by molar-refractivity contribution is -0.114. The maximum absolute atomic E-state index is 11.4. The van der Waals surface area contributed by atoms with Crippen molar-refractivity contribution in [3.63, 3.8) is 0 Å². The van der Waals surface area contributed by atoms with Crippen LogP contribution in [-0.2, 0) is 20.8 Å². The Bertz CT molecular complexity index is 686. The molecule has 2 aromatic rings. The lowest BCUT2D eigenvalue weighted by Crippen LogP contribution is -2.37. The highest BCUT2D eigenvalue weighted by molar-refractivity contribution is 7.45. The van der Waals surface area contributed by atoms with Gasteiger partial charge in [0.15, 0.2) is 0 Å². The summed E-state index contributed by atoms with van der Waals surface area (Å²) in [7, 11) is -4.64. The van der Waals surface area contributed by atoms with Gasteiger partial charge < -0.3 is 14.7 Å². The standard InChI is InChI=1S/C16H16ClNO2.H3O4P/c1-13(16(17)19)18(15-10-6-3-7-11-15)20-12-14-8-4-2-5-9-14;1-5(2,3)4/h2-11,13H,12H2,1H3;(H3,1,2,3,4). The van der Waals surface area contributed by atoms with Gasteiger partial charge in [-0.15, -0.1) is 0 Å². The van der Waals surface area contributed by atoms with Crippen molar-refractivity contribution in [2.75, 3.05) is 5.06 Å². The molecule has 0 saturated carbocycles. The summed E-state index contributed by atoms with van der Waals surface area (Å²) in [6, 6.07) is 18.7. The molecule has 25 heavy (non-hydrogen) atoms. The lowest BCUT2D eigenvalue weighted by Gasteiger charge is -2.27. The number of anilines is 1. The Morgan fingerprint density at radius 2 is 1.52 bits per heavy atom. The van der Waals surface area contributed by atoms with Gasteiger partial charge in [0.05, 0.1) is 12.3 Å². The molecule has 0 saturated heterocycles. The third-order valence-corrected chi connectivity index (χ3v) is 3.22. The van der Waals surface area contributed by atoms with Crippen LogP contribution in [0.1, 0.15) is 12.5 Å². The van der Waals surface area contributed by atoms with Gasteiger partial charge >= 0.3 is 7.82 Å². The zero-order chi connectivity index (χ0) is 18.9. The van der Waals surface area contributed by atoms with Gasteiger partial charge in [-0.3, -0.25) is 9.63 Å². The zero-order valence-corrected chi connectivity index (χ0v) is 15.0. The van der Waals surface area contributed by atoms with E-state index in [4.69, 9.17) is 35.7 Å². The van der Waals surface area contributed by atoms with E-state index in [0.717, 1.165) is 11.3 Å². The first-order valence-electron chi connectivity index (χ1n) is 7.17. The van der Waals surface area contributed by atoms with Crippen molar-refractivity contribution < 1.29 is 28.9 Å². The van der Waals surface area contributed by atoms with Crippen molar-refractivity contribution >= 4 is 30.4 Å². The SMILES string of the molecule is CC(C(=O)Cl)N(OCc1ccccc1)c1ccccc1.O=P(O)(O)O. The highest BCUT2D eigenvalue weighted by Gasteiger charge is 2.21. The Labute approximate surface area is 150 Å². The molecule has 136 valence electrons. The maximum Gasteiger partial charge on any atom is 0.466 e. The summed E-state index contributed by atoms with van der Waals surface area (Å²) in [5, 5.41) is 1.09. The van der Waals surface area contributed by atoms with Crippen molar-refractivity contribution in [2.45, 2.75) is 19.6 Å². The molecule has 2 aromatic carbocycles. The molecular formula is C16H19ClNO6P. The quantitative estimate of drug-likeness (QED) is 0.397. The van der Waals surface area contributed by atoms with Crippen LogP contribution < -0.4 is 5.06 Å². The fourth-order valence-corrected chi connectivity index (χ4v) is 1.88. The lowest BCUT2D eigenvalue weighted by atomic mass is 10.2. The Morgan fingerprint density at radius 1 is 1.08 bits per heavy atom. The molecule has 0 heterocycles. The summed E-state index contributed by atoms with van der Waals surface area (Å²) in [4.78, 5) is 38.7. The first-order valence-corrected chi connectivity index (χ1v) is 9.11. The first kappa shape index (κ1) is 21.3. The molecule has 3 N–H and O–H groups in total. The predicted molar refractivity (Wildman–Crippen MR) is 94.7 cm³/mol. The van der Waals surface area contributed by atoms with Crippen LogP contribution in [0.3, 0.4) is 0 Å². The molecule has 0 radical (unpaired) electrons. The second-order valence-corrected chi connectivity index (χ2v) is 6.31. The first-order chi connectivity index (χ1) is 11.7. The van der Waals surface area contributed by atoms with E-state index in [1.807, 2.05) is 60.7 Å². The number of rotatable bonds is 6. The van der Waals surface area contributed by atoms with Crippen molar-refractivity contribution in [2.24, 2.45) is 0 Å². The molecule has 0 aliphatic heterocycles. The number of hydroxylamine groups is 1. The molecule has 1 atom stereocenters. The van der Waals surface area contributed by atoms with E-state index in [1.54, 1.807) is 12.0 Å². The van der Waals surface area contributed by atoms with Crippen LogP contribution in [0.4, 0.5) is 5.69 Å². The highest BCUT2D eigenvalue weighted by Crippen LogP contribution is 2.25. The fourth-order valence-electron chi connectivity index (χ4n) is 1.80. The van der Waals surface area contributed by atoms with Gasteiger partial charge in [0, 0.05) is 0 Å². The van der Waals surface area contributed by atoms with Gasteiger partial charge in [0.1, 0.15) is 6.04 Å². The molecule has 2 rings (SSSR count). The summed E-state index contributed by atoms with van der Waals surface area (Å²) < 4.78 is 8.88. The van der Waals surface area contributed by atoms with E-state index in [9.17, 15) is 4.79 Å². The molecule has 0 bridgehead atoms. The van der Waals surface area contributed by atoms with Crippen molar-refractivity contribution in [1.82, 2.24) is 0 Å². The Hall–Kier alpha value is -1.73. The number of nitrogens with zero attached hydrogens (tertiary/aromatic N) is 1. The number of halogens is 1. The molecule has 0 aromatic heterocycles. The zero-order valence-electron chi connectivity index (χ0n) is 13.4. The van der Waals surface area contributed by atoms with Crippen LogP contribution in [0.2, 0.25) is 0 Å². The van der Waals surface area contributed by atoms with Crippen molar-refractivity contribution in [1.29, 1.82) is 0 Å². The molecule has 1 unspecified atom stereocenters. The molecule has 0 aliphatic rings. The van der Waals surface area contributed by atoms with E-state index in [0.29, 0.717) is 6.61 Å². The highest BCUT2D eigenvalue weighted by atomic mass is 35.5. The summed E-state index contributed by atoms with van der Waals surface area (Å²) >= 11 is 5.59. The minimum Gasteiger partial charge on any atom is -0.303 e. The average Bonchev–Trinajstić information content (AvgIpc) is 2.55. The number of carbonyl (C=O) groups excluding carboxylic acids is 1. The minimum absolute atomic E-state index is 0.379. The second-order valence-electron chi connectivity index (χ2n) is 4.91. The van der Waals surface area contributed by atoms with Crippen molar-refractivity contribution in [3.05, 3.63) is 66.2 Å². The molecule has 0 amide bonds. The molecule has 7 nitrogen and oxygen atoms in total. The Morgan fingerprint density at radius 3 is 1.96 bits per heavy atom. The largest absolute Gasteiger partial charge is 0.466 e. The van der Waals surface area contributed by atoms with Crippen LogP contribution in [0.5, 0.6) is 0 Å². The van der Waals surface area contributed by atoms with Gasteiger partial charge in [0.25, 0.3) is 0 Å². The summed E-state index contributed by atoms with van der Waals surface area (Å²) in [6.45, 7) is 2.09. The number of hydrogen-bond acceptors (Lipinski definition) is 4. The van der Waals surface area contributed by atoms with E-state index < -0.39 is 19.1 Å². The predicted octanol–water partition coefficient (Wildman–Crippen LogP) is 2.85. The third kappa shape index (κ3) is 9.36. The summed E-state index contributed by atoms with van der Waals surface area (Å²) in [5.74, 6) is 0. The van der Waals surface area contributed by atoms with E-state index >= 15 is 0 Å². The molecule has 0 aliphatic carbocycles. The van der Waals surface area contributed by atoms with Gasteiger partial charge in [-0.2, -0.15) is 0 Å². The number of phosphoric acid groups is 1. The Balaban J connectivity index is 0.000000550. The van der Waals surface area contributed by atoms with Crippen LogP contribution >= 0.6 is 19.4 Å². The van der Waals surface area contributed by atoms with Crippen molar-refractivity contribution in [3.8, 4) is 0 Å². The smallest absolute Gasteiger partial charge is 0.303 e. The third-order valence-electron chi connectivity index (χ3n) is 2.90. The molecule has 0 spiro atoms. The molecule has 9 heteroatoms. The number of benzene rings is 2. The Kier molecular flexibility index (Phi) is 8.78. The monoisotopic (exact) mass is 387 g/mol. The van der Waals surface area contributed by atoms with Gasteiger partial charge in [-0.25, -0.2) is 9.63 Å². The fraction of sp³-hybridized carbons (Fsp3) is 0.188. The van der Waals surface area contributed by atoms with Crippen LogP contribution in [0, 0.1) is 0 Å². The van der Waals surface area contributed by atoms with Gasteiger partial charge in [0.2, 0.25) is 5.24 Å².